The maximum absolute atomic E-state index is 13.2. The highest BCUT2D eigenvalue weighted by Crippen LogP contribution is 2.16. The fourth-order valence-corrected chi connectivity index (χ4v) is 4.69. The smallest absolute Gasteiger partial charge is 0.243 e. The molecule has 0 aromatic heterocycles. The molecule has 1 aliphatic rings. The molecule has 8 nitrogen and oxygen atoms in total. The maximum atomic E-state index is 13.2. The minimum atomic E-state index is -3.60. The largest absolute Gasteiger partial charge is 0.395 e. The molecule has 0 radical (unpaired) electrons. The molecule has 1 aliphatic heterocycles. The van der Waals surface area contributed by atoms with Gasteiger partial charge in [-0.3, -0.25) is 9.80 Å². The second-order valence-electron chi connectivity index (χ2n) is 7.10. The number of aliphatic hydroxyl groups is 2. The van der Waals surface area contributed by atoms with Gasteiger partial charge in [-0.05, 0) is 19.1 Å². The van der Waals surface area contributed by atoms with Crippen LogP contribution in [-0.4, -0.2) is 111 Å². The van der Waals surface area contributed by atoms with Crippen LogP contribution < -0.4 is 5.32 Å². The van der Waals surface area contributed by atoms with Crippen molar-refractivity contribution in [2.75, 3.05) is 78.7 Å². The standard InChI is InChI=1S/C19H34N4O4S/c1-18-2-4-19(5-3-18)28(26,27)23-12-10-21(14-16-24)8-6-20-7-9-22(11-13-23)15-17-25/h2-5,20,24-25H,6-17H2,1H3. The summed E-state index contributed by atoms with van der Waals surface area (Å²) in [5, 5.41) is 22.0. The molecule has 1 aromatic carbocycles. The topological polar surface area (TPSA) is 96.4 Å². The van der Waals surface area contributed by atoms with E-state index in [1.165, 1.54) is 4.31 Å². The number of aliphatic hydroxyl groups excluding tert-OH is 2. The van der Waals surface area contributed by atoms with Gasteiger partial charge < -0.3 is 15.5 Å². The van der Waals surface area contributed by atoms with Crippen molar-refractivity contribution in [2.45, 2.75) is 11.8 Å². The number of rotatable bonds is 6. The van der Waals surface area contributed by atoms with Crippen molar-refractivity contribution in [1.29, 1.82) is 0 Å². The lowest BCUT2D eigenvalue weighted by Crippen LogP contribution is -2.47. The van der Waals surface area contributed by atoms with Gasteiger partial charge in [-0.15, -0.1) is 0 Å². The summed E-state index contributed by atoms with van der Waals surface area (Å²) in [5.41, 5.74) is 1.02. The molecule has 0 saturated carbocycles. The SMILES string of the molecule is Cc1ccc(S(=O)(=O)N2CCN(CCO)CCNCCN(CCO)CC2)cc1. The third-order valence-electron chi connectivity index (χ3n) is 5.03. The zero-order valence-corrected chi connectivity index (χ0v) is 17.6. The van der Waals surface area contributed by atoms with Crippen LogP contribution in [0.5, 0.6) is 0 Å². The Hall–Kier alpha value is -1.07. The van der Waals surface area contributed by atoms with Gasteiger partial charge in [0.1, 0.15) is 0 Å². The molecule has 28 heavy (non-hydrogen) atoms. The average molecular weight is 415 g/mol. The zero-order chi connectivity index (χ0) is 20.4. The van der Waals surface area contributed by atoms with Crippen LogP contribution >= 0.6 is 0 Å². The number of sulfonamides is 1. The Balaban J connectivity index is 2.20. The summed E-state index contributed by atoms with van der Waals surface area (Å²) in [6, 6.07) is 6.93. The molecule has 2 rings (SSSR count). The Kier molecular flexibility index (Phi) is 9.80. The van der Waals surface area contributed by atoms with Crippen molar-refractivity contribution < 1.29 is 18.6 Å². The normalized spacial score (nSPS) is 19.8. The first-order chi connectivity index (χ1) is 13.5. The van der Waals surface area contributed by atoms with Crippen LogP contribution in [0.15, 0.2) is 29.2 Å². The first kappa shape index (κ1) is 23.2. The molecular weight excluding hydrogens is 380 g/mol. The van der Waals surface area contributed by atoms with E-state index in [2.05, 4.69) is 15.1 Å². The number of aryl methyl sites for hydroxylation is 1. The van der Waals surface area contributed by atoms with E-state index < -0.39 is 10.0 Å². The highest BCUT2D eigenvalue weighted by atomic mass is 32.2. The number of nitrogens with zero attached hydrogens (tertiary/aromatic N) is 3. The van der Waals surface area contributed by atoms with Gasteiger partial charge in [0.25, 0.3) is 0 Å². The van der Waals surface area contributed by atoms with E-state index in [-0.39, 0.29) is 13.2 Å². The predicted molar refractivity (Wildman–Crippen MR) is 110 cm³/mol. The number of benzene rings is 1. The van der Waals surface area contributed by atoms with E-state index in [1.54, 1.807) is 12.1 Å². The first-order valence-electron chi connectivity index (χ1n) is 9.91. The van der Waals surface area contributed by atoms with Crippen LogP contribution in [0.3, 0.4) is 0 Å². The number of nitrogens with one attached hydrogen (secondary N) is 1. The van der Waals surface area contributed by atoms with E-state index in [0.717, 1.165) is 31.7 Å². The van der Waals surface area contributed by atoms with E-state index >= 15 is 0 Å². The van der Waals surface area contributed by atoms with Gasteiger partial charge in [0.15, 0.2) is 0 Å². The maximum Gasteiger partial charge on any atom is 0.243 e. The van der Waals surface area contributed by atoms with Gasteiger partial charge in [-0.1, -0.05) is 17.7 Å². The van der Waals surface area contributed by atoms with Gasteiger partial charge in [-0.2, -0.15) is 4.31 Å². The van der Waals surface area contributed by atoms with Gasteiger partial charge in [0.05, 0.1) is 18.1 Å². The minimum absolute atomic E-state index is 0.0506. The fourth-order valence-electron chi connectivity index (χ4n) is 3.27. The molecule has 0 amide bonds. The lowest BCUT2D eigenvalue weighted by Gasteiger charge is -2.30. The van der Waals surface area contributed by atoms with E-state index in [4.69, 9.17) is 0 Å². The van der Waals surface area contributed by atoms with Crippen LogP contribution in [0.25, 0.3) is 0 Å². The molecule has 0 bridgehead atoms. The van der Waals surface area contributed by atoms with Crippen molar-refractivity contribution in [1.82, 2.24) is 19.4 Å². The van der Waals surface area contributed by atoms with E-state index in [9.17, 15) is 18.6 Å². The molecular formula is C19H34N4O4S. The molecule has 160 valence electrons. The Morgan fingerprint density at radius 1 is 0.857 bits per heavy atom. The zero-order valence-electron chi connectivity index (χ0n) is 16.8. The summed E-state index contributed by atoms with van der Waals surface area (Å²) in [6.07, 6.45) is 0. The molecule has 1 saturated heterocycles. The van der Waals surface area contributed by atoms with Crippen molar-refractivity contribution >= 4 is 10.0 Å². The molecule has 1 fully saturated rings. The van der Waals surface area contributed by atoms with E-state index in [0.29, 0.717) is 44.2 Å². The lowest BCUT2D eigenvalue weighted by atomic mass is 10.2. The Bertz CT molecular complexity index is 649. The summed E-state index contributed by atoms with van der Waals surface area (Å²) in [6.45, 7) is 7.98. The Morgan fingerprint density at radius 3 is 1.82 bits per heavy atom. The second-order valence-corrected chi connectivity index (χ2v) is 9.04. The number of hydrogen-bond acceptors (Lipinski definition) is 7. The van der Waals surface area contributed by atoms with Gasteiger partial charge in [-0.25, -0.2) is 8.42 Å². The van der Waals surface area contributed by atoms with Crippen molar-refractivity contribution in [3.63, 3.8) is 0 Å². The van der Waals surface area contributed by atoms with Crippen LogP contribution in [-0.2, 0) is 10.0 Å². The predicted octanol–water partition coefficient (Wildman–Crippen LogP) is -0.822. The molecule has 0 unspecified atom stereocenters. The molecule has 0 spiro atoms. The van der Waals surface area contributed by atoms with Crippen molar-refractivity contribution in [2.24, 2.45) is 0 Å². The Labute approximate surface area is 168 Å². The van der Waals surface area contributed by atoms with Crippen LogP contribution in [0.2, 0.25) is 0 Å². The van der Waals surface area contributed by atoms with Crippen LogP contribution in [0.4, 0.5) is 0 Å². The highest BCUT2D eigenvalue weighted by molar-refractivity contribution is 7.89. The highest BCUT2D eigenvalue weighted by Gasteiger charge is 2.25. The molecule has 1 aromatic rings. The van der Waals surface area contributed by atoms with Gasteiger partial charge in [0, 0.05) is 65.4 Å². The monoisotopic (exact) mass is 414 g/mol. The summed E-state index contributed by atoms with van der Waals surface area (Å²) in [4.78, 5) is 4.46. The quantitative estimate of drug-likeness (QED) is 0.560. The van der Waals surface area contributed by atoms with Gasteiger partial charge >= 0.3 is 0 Å². The lowest BCUT2D eigenvalue weighted by molar-refractivity contribution is 0.165. The van der Waals surface area contributed by atoms with Gasteiger partial charge in [0.2, 0.25) is 10.0 Å². The first-order valence-corrected chi connectivity index (χ1v) is 11.4. The third-order valence-corrected chi connectivity index (χ3v) is 6.94. The third kappa shape index (κ3) is 7.07. The average Bonchev–Trinajstić information content (AvgIpc) is 2.66. The molecule has 9 heteroatoms. The van der Waals surface area contributed by atoms with Crippen LogP contribution in [0, 0.1) is 6.92 Å². The second kappa shape index (κ2) is 11.8. The Morgan fingerprint density at radius 2 is 1.36 bits per heavy atom. The van der Waals surface area contributed by atoms with E-state index in [1.807, 2.05) is 19.1 Å². The molecule has 3 N–H and O–H groups in total. The fraction of sp³-hybridized carbons (Fsp3) is 0.684. The van der Waals surface area contributed by atoms with Crippen LogP contribution in [0.1, 0.15) is 5.56 Å². The molecule has 1 heterocycles. The summed E-state index contributed by atoms with van der Waals surface area (Å²) in [7, 11) is -3.60. The summed E-state index contributed by atoms with van der Waals surface area (Å²) < 4.78 is 28.0. The molecule has 0 aliphatic carbocycles. The summed E-state index contributed by atoms with van der Waals surface area (Å²) in [5.74, 6) is 0. The minimum Gasteiger partial charge on any atom is -0.395 e. The van der Waals surface area contributed by atoms with Crippen molar-refractivity contribution in [3.8, 4) is 0 Å². The summed E-state index contributed by atoms with van der Waals surface area (Å²) >= 11 is 0. The van der Waals surface area contributed by atoms with Crippen molar-refractivity contribution in [3.05, 3.63) is 29.8 Å². The number of hydrogen-bond donors (Lipinski definition) is 3. The number of β-amino-alcohol motifs (C(OH)–C–C–N with tert-alkyl or cyclic N) is 2. The molecule has 0 atom stereocenters.